The largest absolute Gasteiger partial charge is 0.462 e. The minimum Gasteiger partial charge on any atom is -0.462 e. The third-order valence-corrected chi connectivity index (χ3v) is 6.01. The summed E-state index contributed by atoms with van der Waals surface area (Å²) < 4.78 is 4.89. The van der Waals surface area contributed by atoms with Crippen LogP contribution in [0.1, 0.15) is 64.7 Å². The maximum atomic E-state index is 10.8. The predicted molar refractivity (Wildman–Crippen MR) is 121 cm³/mol. The monoisotopic (exact) mass is 406 g/mol. The van der Waals surface area contributed by atoms with Gasteiger partial charge in [-0.3, -0.25) is 0 Å². The van der Waals surface area contributed by atoms with Gasteiger partial charge >= 0.3 is 5.97 Å². The van der Waals surface area contributed by atoms with Crippen molar-refractivity contribution >= 4 is 27.6 Å². The fraction of sp³-hybridized carbons (Fsp3) is 0.850. The van der Waals surface area contributed by atoms with Gasteiger partial charge in [-0.1, -0.05) is 80.0 Å². The maximum absolute atomic E-state index is 10.8. The second-order valence-corrected chi connectivity index (χ2v) is 9.14. The zero-order chi connectivity index (χ0) is 19.9. The number of carbonyl (C=O) groups excluding carboxylic acids is 1. The molecule has 0 aliphatic rings. The van der Waals surface area contributed by atoms with E-state index in [1.165, 1.54) is 63.2 Å². The van der Waals surface area contributed by atoms with Crippen LogP contribution in [0, 0.1) is 0 Å². The Balaban J connectivity index is 0. The minimum absolute atomic E-state index is 0.325. The number of nitrogens with zero attached hydrogens (tertiary/aromatic N) is 1. The summed E-state index contributed by atoms with van der Waals surface area (Å²) in [5, 5.41) is 0. The molecule has 2 N–H and O–H groups in total. The minimum atomic E-state index is -0.325. The lowest BCUT2D eigenvalue weighted by Gasteiger charge is -2.05. The zero-order valence-corrected chi connectivity index (χ0v) is 19.0. The third-order valence-electron chi connectivity index (χ3n) is 3.55. The maximum Gasteiger partial charge on any atom is 0.330 e. The summed E-state index contributed by atoms with van der Waals surface area (Å²) in [7, 11) is 7.77. The summed E-state index contributed by atoms with van der Waals surface area (Å²) in [6.45, 7) is 8.01. The van der Waals surface area contributed by atoms with E-state index in [1.807, 2.05) is 10.8 Å². The highest BCUT2D eigenvalue weighted by atomic mass is 33.1. The lowest BCUT2D eigenvalue weighted by Crippen LogP contribution is -2.16. The van der Waals surface area contributed by atoms with Crippen molar-refractivity contribution in [3.05, 3.63) is 12.7 Å². The van der Waals surface area contributed by atoms with E-state index in [1.54, 1.807) is 10.8 Å². The van der Waals surface area contributed by atoms with Crippen molar-refractivity contribution in [3.8, 4) is 0 Å². The quantitative estimate of drug-likeness (QED) is 0.156. The van der Waals surface area contributed by atoms with E-state index in [9.17, 15) is 4.79 Å². The summed E-state index contributed by atoms with van der Waals surface area (Å²) in [4.78, 5) is 12.9. The molecular formula is C20H42N2O2S2. The summed E-state index contributed by atoms with van der Waals surface area (Å²) >= 11 is 0. The standard InChI is InChI=1S/C15H28O2S2.C5H14N2/c1-3-5-6-7-8-9-10-11-13-18-19-14-12-17-15(16)4-2;1-7(2)5-3-4-6/h4H,2-3,5-14H2,1H3;3-6H2,1-2H3. The van der Waals surface area contributed by atoms with Gasteiger partial charge in [0.05, 0.1) is 0 Å². The summed E-state index contributed by atoms with van der Waals surface area (Å²) in [5.74, 6) is 1.74. The number of nitrogens with two attached hydrogens (primary N) is 1. The van der Waals surface area contributed by atoms with Gasteiger partial charge < -0.3 is 15.4 Å². The fourth-order valence-electron chi connectivity index (χ4n) is 2.06. The van der Waals surface area contributed by atoms with Crippen molar-refractivity contribution in [2.24, 2.45) is 5.73 Å². The van der Waals surface area contributed by atoms with E-state index in [4.69, 9.17) is 10.5 Å². The molecule has 156 valence electrons. The first-order chi connectivity index (χ1) is 12.6. The Labute approximate surface area is 170 Å². The Bertz CT molecular complexity index is 304. The van der Waals surface area contributed by atoms with Gasteiger partial charge in [-0.05, 0) is 40.0 Å². The molecule has 0 rings (SSSR count). The molecule has 6 heteroatoms. The fourth-order valence-corrected chi connectivity index (χ4v) is 4.03. The van der Waals surface area contributed by atoms with Gasteiger partial charge in [-0.2, -0.15) is 0 Å². The Kier molecular flexibility index (Phi) is 26.8. The van der Waals surface area contributed by atoms with Crippen LogP contribution < -0.4 is 5.73 Å². The first-order valence-electron chi connectivity index (χ1n) is 9.96. The van der Waals surface area contributed by atoms with Crippen LogP contribution in [0.25, 0.3) is 0 Å². The molecule has 0 atom stereocenters. The van der Waals surface area contributed by atoms with Gasteiger partial charge in [-0.25, -0.2) is 4.79 Å². The number of hydrogen-bond acceptors (Lipinski definition) is 6. The van der Waals surface area contributed by atoms with Crippen molar-refractivity contribution in [1.82, 2.24) is 4.90 Å². The van der Waals surface area contributed by atoms with E-state index < -0.39 is 0 Å². The van der Waals surface area contributed by atoms with Gasteiger partial charge in [0.1, 0.15) is 6.61 Å². The lowest BCUT2D eigenvalue weighted by atomic mass is 10.1. The average molecular weight is 407 g/mol. The smallest absolute Gasteiger partial charge is 0.330 e. The number of hydrogen-bond donors (Lipinski definition) is 1. The van der Waals surface area contributed by atoms with Crippen LogP contribution in [0.2, 0.25) is 0 Å². The molecular weight excluding hydrogens is 364 g/mol. The SMILES string of the molecule is C=CC(=O)OCCSSCCCCCCCCCC.CN(C)CCCN. The van der Waals surface area contributed by atoms with Crippen molar-refractivity contribution in [2.75, 3.05) is 45.3 Å². The highest BCUT2D eigenvalue weighted by Crippen LogP contribution is 2.22. The highest BCUT2D eigenvalue weighted by molar-refractivity contribution is 8.76. The Hall–Kier alpha value is -0.170. The van der Waals surface area contributed by atoms with E-state index in [-0.39, 0.29) is 5.97 Å². The van der Waals surface area contributed by atoms with Crippen molar-refractivity contribution in [3.63, 3.8) is 0 Å². The van der Waals surface area contributed by atoms with Crippen LogP contribution in [-0.2, 0) is 9.53 Å². The normalized spacial score (nSPS) is 10.3. The van der Waals surface area contributed by atoms with Crippen LogP contribution in [0.5, 0.6) is 0 Å². The molecule has 0 aliphatic carbocycles. The molecule has 4 nitrogen and oxygen atoms in total. The van der Waals surface area contributed by atoms with E-state index in [2.05, 4.69) is 32.5 Å². The number of esters is 1. The molecule has 0 unspecified atom stereocenters. The van der Waals surface area contributed by atoms with Crippen molar-refractivity contribution in [1.29, 1.82) is 0 Å². The van der Waals surface area contributed by atoms with Gasteiger partial charge in [-0.15, -0.1) is 0 Å². The summed E-state index contributed by atoms with van der Waals surface area (Å²) in [6.07, 6.45) is 13.3. The molecule has 26 heavy (non-hydrogen) atoms. The van der Waals surface area contributed by atoms with Gasteiger partial charge in [0.15, 0.2) is 0 Å². The number of carbonyl (C=O) groups is 1. The molecule has 0 saturated heterocycles. The molecule has 0 aliphatic heterocycles. The van der Waals surface area contributed by atoms with E-state index in [0.717, 1.165) is 25.3 Å². The van der Waals surface area contributed by atoms with E-state index >= 15 is 0 Å². The number of ether oxygens (including phenoxy) is 1. The second kappa shape index (κ2) is 24.8. The highest BCUT2D eigenvalue weighted by Gasteiger charge is 1.96. The van der Waals surface area contributed by atoms with Crippen LogP contribution in [0.15, 0.2) is 12.7 Å². The predicted octanol–water partition coefficient (Wildman–Crippen LogP) is 5.13. The molecule has 0 bridgehead atoms. The van der Waals surface area contributed by atoms with Crippen LogP contribution >= 0.6 is 21.6 Å². The molecule has 0 fully saturated rings. The first-order valence-corrected chi connectivity index (χ1v) is 12.5. The Morgan fingerprint density at radius 1 is 1.00 bits per heavy atom. The topological polar surface area (TPSA) is 55.6 Å². The van der Waals surface area contributed by atoms with E-state index in [0.29, 0.717) is 6.61 Å². The molecule has 0 aromatic carbocycles. The molecule has 0 saturated carbocycles. The third kappa shape index (κ3) is 28.6. The van der Waals surface area contributed by atoms with Crippen LogP contribution in [0.4, 0.5) is 0 Å². The van der Waals surface area contributed by atoms with Gasteiger partial charge in [0, 0.05) is 17.6 Å². The van der Waals surface area contributed by atoms with Crippen LogP contribution in [-0.4, -0.2) is 56.2 Å². The average Bonchev–Trinajstić information content (AvgIpc) is 2.64. The summed E-state index contributed by atoms with van der Waals surface area (Å²) in [5.41, 5.74) is 5.25. The first kappa shape index (κ1) is 28.0. The molecule has 0 radical (unpaired) electrons. The molecule has 0 amide bonds. The zero-order valence-electron chi connectivity index (χ0n) is 17.3. The van der Waals surface area contributed by atoms with Gasteiger partial charge in [0.25, 0.3) is 0 Å². The molecule has 0 aromatic heterocycles. The number of rotatable bonds is 17. The summed E-state index contributed by atoms with van der Waals surface area (Å²) in [6, 6.07) is 0. The van der Waals surface area contributed by atoms with Gasteiger partial charge in [0.2, 0.25) is 0 Å². The Morgan fingerprint density at radius 2 is 1.58 bits per heavy atom. The van der Waals surface area contributed by atoms with Crippen molar-refractivity contribution < 1.29 is 9.53 Å². The number of unbranched alkanes of at least 4 members (excludes halogenated alkanes) is 7. The molecule has 0 aromatic rings. The second-order valence-electron chi connectivity index (χ2n) is 6.44. The lowest BCUT2D eigenvalue weighted by molar-refractivity contribution is -0.137. The van der Waals surface area contributed by atoms with Crippen LogP contribution in [0.3, 0.4) is 0 Å². The van der Waals surface area contributed by atoms with Crippen molar-refractivity contribution in [2.45, 2.75) is 64.7 Å². The molecule has 0 heterocycles. The molecule has 0 spiro atoms. The Morgan fingerprint density at radius 3 is 2.08 bits per heavy atom.